The molecule has 3 aromatic rings. The zero-order valence-corrected chi connectivity index (χ0v) is 14.0. The van der Waals surface area contributed by atoms with Gasteiger partial charge in [0.1, 0.15) is 5.75 Å². The van der Waals surface area contributed by atoms with Crippen LogP contribution in [0.15, 0.2) is 54.6 Å². The highest BCUT2D eigenvalue weighted by Crippen LogP contribution is 2.26. The second-order valence-corrected chi connectivity index (χ2v) is 5.87. The maximum Gasteiger partial charge on any atom is 0.119 e. The third-order valence-electron chi connectivity index (χ3n) is 3.95. The number of H-pyrrole nitrogens is 1. The number of aromatic nitrogens is 2. The minimum absolute atomic E-state index is 0.756. The molecule has 0 spiro atoms. The molecule has 24 heavy (non-hydrogen) atoms. The zero-order valence-electron chi connectivity index (χ0n) is 14.0. The van der Waals surface area contributed by atoms with E-state index in [0.717, 1.165) is 47.0 Å². The summed E-state index contributed by atoms with van der Waals surface area (Å²) < 4.78 is 5.82. The zero-order chi connectivity index (χ0) is 16.8. The van der Waals surface area contributed by atoms with Gasteiger partial charge in [-0.25, -0.2) is 0 Å². The third-order valence-corrected chi connectivity index (χ3v) is 3.95. The van der Waals surface area contributed by atoms with Gasteiger partial charge in [0.15, 0.2) is 0 Å². The Kier molecular flexibility index (Phi) is 5.16. The molecule has 0 unspecified atom stereocenters. The Hall–Kier alpha value is -2.75. The number of nitrogens with two attached hydrogens (primary N) is 1. The van der Waals surface area contributed by atoms with Gasteiger partial charge in [0.2, 0.25) is 0 Å². The molecule has 4 nitrogen and oxygen atoms in total. The number of nitrogens with zero attached hydrogens (tertiary/aromatic N) is 1. The van der Waals surface area contributed by atoms with Crippen LogP contribution in [0.1, 0.15) is 26.2 Å². The molecule has 3 N–H and O–H groups in total. The predicted molar refractivity (Wildman–Crippen MR) is 98.9 cm³/mol. The number of ether oxygens (including phenoxy) is 1. The summed E-state index contributed by atoms with van der Waals surface area (Å²) in [7, 11) is 0. The minimum atomic E-state index is 0.756. The Morgan fingerprint density at radius 2 is 1.83 bits per heavy atom. The van der Waals surface area contributed by atoms with Gasteiger partial charge in [0.25, 0.3) is 0 Å². The lowest BCUT2D eigenvalue weighted by atomic mass is 10.1. The number of rotatable bonds is 7. The van der Waals surface area contributed by atoms with E-state index in [1.807, 2.05) is 54.6 Å². The molecule has 0 aliphatic carbocycles. The van der Waals surface area contributed by atoms with Crippen LogP contribution in [0, 0.1) is 0 Å². The summed E-state index contributed by atoms with van der Waals surface area (Å²) >= 11 is 0. The molecule has 0 amide bonds. The van der Waals surface area contributed by atoms with Crippen molar-refractivity contribution in [2.75, 3.05) is 12.3 Å². The summed E-state index contributed by atoms with van der Waals surface area (Å²) in [6.07, 6.45) is 3.49. The highest BCUT2D eigenvalue weighted by atomic mass is 16.5. The van der Waals surface area contributed by atoms with Crippen molar-refractivity contribution in [2.24, 2.45) is 0 Å². The molecule has 124 valence electrons. The number of hydrogen-bond donors (Lipinski definition) is 2. The molecular weight excluding hydrogens is 298 g/mol. The van der Waals surface area contributed by atoms with E-state index in [1.165, 1.54) is 12.8 Å². The molecule has 2 aromatic carbocycles. The quantitative estimate of drug-likeness (QED) is 0.481. The van der Waals surface area contributed by atoms with Gasteiger partial charge in [0.05, 0.1) is 18.0 Å². The third kappa shape index (κ3) is 3.96. The van der Waals surface area contributed by atoms with Crippen LogP contribution in [0.2, 0.25) is 0 Å². The van der Waals surface area contributed by atoms with Crippen LogP contribution in [-0.2, 0) is 0 Å². The number of unbranched alkanes of at least 4 members (excludes halogenated alkanes) is 2. The molecule has 4 heteroatoms. The number of anilines is 1. The van der Waals surface area contributed by atoms with Gasteiger partial charge in [-0.15, -0.1) is 0 Å². The first-order valence-electron chi connectivity index (χ1n) is 8.41. The summed E-state index contributed by atoms with van der Waals surface area (Å²) in [5, 5.41) is 7.51. The molecule has 0 saturated heterocycles. The normalized spacial score (nSPS) is 10.7. The molecule has 3 rings (SSSR count). The van der Waals surface area contributed by atoms with Crippen LogP contribution < -0.4 is 10.5 Å². The van der Waals surface area contributed by atoms with E-state index < -0.39 is 0 Å². The number of hydrogen-bond acceptors (Lipinski definition) is 3. The van der Waals surface area contributed by atoms with E-state index in [1.54, 1.807) is 0 Å². The average Bonchev–Trinajstić information content (AvgIpc) is 3.10. The van der Waals surface area contributed by atoms with Crippen LogP contribution in [0.5, 0.6) is 5.75 Å². The van der Waals surface area contributed by atoms with Gasteiger partial charge in [-0.2, -0.15) is 5.10 Å². The van der Waals surface area contributed by atoms with Gasteiger partial charge in [-0.1, -0.05) is 44.0 Å². The maximum atomic E-state index is 5.82. The van der Waals surface area contributed by atoms with Crippen molar-refractivity contribution >= 4 is 5.69 Å². The van der Waals surface area contributed by atoms with Gasteiger partial charge in [0, 0.05) is 11.3 Å². The van der Waals surface area contributed by atoms with E-state index in [9.17, 15) is 0 Å². The van der Waals surface area contributed by atoms with E-state index in [-0.39, 0.29) is 0 Å². The van der Waals surface area contributed by atoms with Crippen LogP contribution in [0.25, 0.3) is 22.5 Å². The summed E-state index contributed by atoms with van der Waals surface area (Å²) in [4.78, 5) is 0. The van der Waals surface area contributed by atoms with Gasteiger partial charge in [-0.05, 0) is 42.3 Å². The second-order valence-electron chi connectivity index (χ2n) is 5.87. The molecule has 0 atom stereocenters. The number of aromatic amines is 1. The highest BCUT2D eigenvalue weighted by molar-refractivity contribution is 5.69. The predicted octanol–water partition coefficient (Wildman–Crippen LogP) is 4.89. The van der Waals surface area contributed by atoms with E-state index >= 15 is 0 Å². The Labute approximate surface area is 142 Å². The number of nitrogens with one attached hydrogen (secondary N) is 1. The van der Waals surface area contributed by atoms with Crippen LogP contribution in [0.3, 0.4) is 0 Å². The summed E-state index contributed by atoms with van der Waals surface area (Å²) in [6.45, 7) is 2.95. The van der Waals surface area contributed by atoms with Gasteiger partial charge in [-0.3, -0.25) is 5.10 Å². The first kappa shape index (κ1) is 16.1. The first-order chi connectivity index (χ1) is 11.8. The van der Waals surface area contributed by atoms with Crippen molar-refractivity contribution < 1.29 is 4.74 Å². The lowest BCUT2D eigenvalue weighted by Crippen LogP contribution is -1.96. The van der Waals surface area contributed by atoms with E-state index in [0.29, 0.717) is 0 Å². The smallest absolute Gasteiger partial charge is 0.119 e. The van der Waals surface area contributed by atoms with E-state index in [2.05, 4.69) is 17.1 Å². The molecule has 0 bridgehead atoms. The summed E-state index contributed by atoms with van der Waals surface area (Å²) in [5.74, 6) is 0.889. The van der Waals surface area contributed by atoms with Crippen molar-refractivity contribution in [3.63, 3.8) is 0 Å². The fraction of sp³-hybridized carbons (Fsp3) is 0.250. The largest absolute Gasteiger partial charge is 0.494 e. The first-order valence-corrected chi connectivity index (χ1v) is 8.41. The average molecular weight is 321 g/mol. The summed E-state index contributed by atoms with van der Waals surface area (Å²) in [6, 6.07) is 17.9. The monoisotopic (exact) mass is 321 g/mol. The van der Waals surface area contributed by atoms with Gasteiger partial charge < -0.3 is 10.5 Å². The molecular formula is C20H23N3O. The lowest BCUT2D eigenvalue weighted by Gasteiger charge is -2.06. The molecule has 0 aliphatic rings. The van der Waals surface area contributed by atoms with Gasteiger partial charge >= 0.3 is 0 Å². The maximum absolute atomic E-state index is 5.82. The number of benzene rings is 2. The van der Waals surface area contributed by atoms with Crippen LogP contribution in [-0.4, -0.2) is 16.8 Å². The van der Waals surface area contributed by atoms with Crippen LogP contribution in [0.4, 0.5) is 5.69 Å². The number of nitrogen functional groups attached to an aromatic ring is 1. The molecule has 1 heterocycles. The van der Waals surface area contributed by atoms with Crippen molar-refractivity contribution in [1.82, 2.24) is 10.2 Å². The fourth-order valence-corrected chi connectivity index (χ4v) is 2.57. The fourth-order valence-electron chi connectivity index (χ4n) is 2.57. The molecule has 0 aliphatic heterocycles. The summed E-state index contributed by atoms with van der Waals surface area (Å²) in [5.41, 5.74) is 10.5. The molecule has 0 fully saturated rings. The Morgan fingerprint density at radius 3 is 2.62 bits per heavy atom. The topological polar surface area (TPSA) is 63.9 Å². The Morgan fingerprint density at radius 1 is 1.00 bits per heavy atom. The lowest BCUT2D eigenvalue weighted by molar-refractivity contribution is 0.306. The second kappa shape index (κ2) is 7.68. The molecule has 0 radical (unpaired) electrons. The van der Waals surface area contributed by atoms with Crippen molar-refractivity contribution in [1.29, 1.82) is 0 Å². The Balaban J connectivity index is 1.74. The standard InChI is InChI=1S/C20H23N3O/c1-2-3-4-12-24-18-7-5-6-16(13-18)20-14-19(22-23-20)15-8-10-17(21)11-9-15/h5-11,13-14H,2-4,12,21H2,1H3,(H,22,23). The van der Waals surface area contributed by atoms with Crippen molar-refractivity contribution in [2.45, 2.75) is 26.2 Å². The Bertz CT molecular complexity index is 778. The van der Waals surface area contributed by atoms with Crippen molar-refractivity contribution in [3.05, 3.63) is 54.6 Å². The molecule has 1 aromatic heterocycles. The van der Waals surface area contributed by atoms with E-state index in [4.69, 9.17) is 10.5 Å². The SMILES string of the molecule is CCCCCOc1cccc(-c2cc(-c3ccc(N)cc3)[nH]n2)c1. The molecule has 0 saturated carbocycles. The highest BCUT2D eigenvalue weighted by Gasteiger charge is 2.07. The van der Waals surface area contributed by atoms with Crippen LogP contribution >= 0.6 is 0 Å². The van der Waals surface area contributed by atoms with Crippen molar-refractivity contribution in [3.8, 4) is 28.3 Å². The minimum Gasteiger partial charge on any atom is -0.494 e.